The fourth-order valence-electron chi connectivity index (χ4n) is 2.61. The van der Waals surface area contributed by atoms with Crippen LogP contribution in [0.25, 0.3) is 11.6 Å². The molecule has 8 heteroatoms. The second-order valence-electron chi connectivity index (χ2n) is 6.05. The van der Waals surface area contributed by atoms with Crippen molar-refractivity contribution in [2.45, 2.75) is 33.1 Å². The Hall–Kier alpha value is -3.03. The number of hydrogen-bond acceptors (Lipinski definition) is 6. The molecule has 3 rings (SSSR count). The van der Waals surface area contributed by atoms with Gasteiger partial charge in [-0.15, -0.1) is 0 Å². The van der Waals surface area contributed by atoms with E-state index >= 15 is 0 Å². The quantitative estimate of drug-likeness (QED) is 0.676. The van der Waals surface area contributed by atoms with Crippen molar-refractivity contribution in [1.29, 1.82) is 0 Å². The Morgan fingerprint density at radius 3 is 2.81 bits per heavy atom. The van der Waals surface area contributed by atoms with Crippen LogP contribution in [0.15, 0.2) is 35.2 Å². The van der Waals surface area contributed by atoms with Gasteiger partial charge in [-0.05, 0) is 25.5 Å². The molecule has 0 radical (unpaired) electrons. The molecule has 3 heterocycles. The molecule has 0 aliphatic carbocycles. The SMILES string of the molecule is CCC(C)c1nc(-c2ncc(C(=O)N(CC)c3cccnc3)n2C)no1. The van der Waals surface area contributed by atoms with Gasteiger partial charge in [0, 0.05) is 25.7 Å². The molecule has 0 aliphatic heterocycles. The van der Waals surface area contributed by atoms with Gasteiger partial charge in [-0.2, -0.15) is 4.98 Å². The average molecular weight is 354 g/mol. The monoisotopic (exact) mass is 354 g/mol. The van der Waals surface area contributed by atoms with Crippen LogP contribution in [0.4, 0.5) is 5.69 Å². The smallest absolute Gasteiger partial charge is 0.276 e. The summed E-state index contributed by atoms with van der Waals surface area (Å²) in [7, 11) is 1.77. The third-order valence-corrected chi connectivity index (χ3v) is 4.40. The molecule has 0 spiro atoms. The molecule has 26 heavy (non-hydrogen) atoms. The summed E-state index contributed by atoms with van der Waals surface area (Å²) in [5, 5.41) is 4.01. The molecule has 1 unspecified atom stereocenters. The molecule has 0 N–H and O–H groups in total. The van der Waals surface area contributed by atoms with E-state index in [1.54, 1.807) is 35.0 Å². The highest BCUT2D eigenvalue weighted by molar-refractivity contribution is 6.05. The number of pyridine rings is 1. The van der Waals surface area contributed by atoms with Crippen LogP contribution < -0.4 is 4.90 Å². The van der Waals surface area contributed by atoms with Crippen molar-refractivity contribution >= 4 is 11.6 Å². The van der Waals surface area contributed by atoms with Crippen molar-refractivity contribution < 1.29 is 9.32 Å². The number of aromatic nitrogens is 5. The lowest BCUT2D eigenvalue weighted by Crippen LogP contribution is -2.32. The van der Waals surface area contributed by atoms with E-state index in [1.165, 1.54) is 6.20 Å². The molecule has 0 saturated carbocycles. The van der Waals surface area contributed by atoms with E-state index in [-0.39, 0.29) is 11.8 Å². The largest absolute Gasteiger partial charge is 0.339 e. The summed E-state index contributed by atoms with van der Waals surface area (Å²) in [6.07, 6.45) is 5.78. The maximum Gasteiger partial charge on any atom is 0.276 e. The number of imidazole rings is 1. The molecule has 0 fully saturated rings. The van der Waals surface area contributed by atoms with Gasteiger partial charge in [0.2, 0.25) is 11.7 Å². The van der Waals surface area contributed by atoms with Gasteiger partial charge in [-0.25, -0.2) is 4.98 Å². The van der Waals surface area contributed by atoms with E-state index in [0.29, 0.717) is 29.8 Å². The number of hydrogen-bond donors (Lipinski definition) is 0. The van der Waals surface area contributed by atoms with Crippen molar-refractivity contribution in [1.82, 2.24) is 24.7 Å². The number of anilines is 1. The molecular weight excluding hydrogens is 332 g/mol. The minimum absolute atomic E-state index is 0.160. The first-order valence-electron chi connectivity index (χ1n) is 8.64. The van der Waals surface area contributed by atoms with Gasteiger partial charge >= 0.3 is 0 Å². The van der Waals surface area contributed by atoms with Gasteiger partial charge < -0.3 is 14.0 Å². The number of rotatable bonds is 6. The molecule has 1 atom stereocenters. The molecule has 8 nitrogen and oxygen atoms in total. The van der Waals surface area contributed by atoms with E-state index in [1.807, 2.05) is 19.9 Å². The van der Waals surface area contributed by atoms with Crippen molar-refractivity contribution in [3.05, 3.63) is 42.3 Å². The lowest BCUT2D eigenvalue weighted by atomic mass is 10.1. The van der Waals surface area contributed by atoms with Crippen LogP contribution in [0.2, 0.25) is 0 Å². The lowest BCUT2D eigenvalue weighted by molar-refractivity contribution is 0.0980. The van der Waals surface area contributed by atoms with Crippen LogP contribution in [0.1, 0.15) is 49.5 Å². The first-order chi connectivity index (χ1) is 12.6. The number of nitrogens with zero attached hydrogens (tertiary/aromatic N) is 6. The van der Waals surface area contributed by atoms with Crippen molar-refractivity contribution in [2.24, 2.45) is 7.05 Å². The third-order valence-electron chi connectivity index (χ3n) is 4.40. The predicted molar refractivity (Wildman–Crippen MR) is 96.8 cm³/mol. The predicted octanol–water partition coefficient (Wildman–Crippen LogP) is 3.05. The summed E-state index contributed by atoms with van der Waals surface area (Å²) in [6.45, 7) is 6.52. The van der Waals surface area contributed by atoms with Crippen LogP contribution >= 0.6 is 0 Å². The fraction of sp³-hybridized carbons (Fsp3) is 0.389. The average Bonchev–Trinajstić information content (AvgIpc) is 3.29. The highest BCUT2D eigenvalue weighted by Gasteiger charge is 2.24. The van der Waals surface area contributed by atoms with Crippen LogP contribution in [0.5, 0.6) is 0 Å². The Morgan fingerprint density at radius 2 is 2.15 bits per heavy atom. The van der Waals surface area contributed by atoms with Crippen LogP contribution in [-0.2, 0) is 7.05 Å². The van der Waals surface area contributed by atoms with Crippen LogP contribution in [0.3, 0.4) is 0 Å². The standard InChI is InChI=1S/C18H22N6O2/c1-5-12(3)17-21-15(22-26-17)16-20-11-14(23(16)4)18(25)24(6-2)13-8-7-9-19-10-13/h7-12H,5-6H2,1-4H3. The lowest BCUT2D eigenvalue weighted by Gasteiger charge is -2.20. The summed E-state index contributed by atoms with van der Waals surface area (Å²) < 4.78 is 7.00. The van der Waals surface area contributed by atoms with Crippen LogP contribution in [-0.4, -0.2) is 37.1 Å². The first-order valence-corrected chi connectivity index (χ1v) is 8.64. The minimum Gasteiger partial charge on any atom is -0.339 e. The summed E-state index contributed by atoms with van der Waals surface area (Å²) in [5.74, 6) is 1.47. The highest BCUT2D eigenvalue weighted by atomic mass is 16.5. The fourth-order valence-corrected chi connectivity index (χ4v) is 2.61. The van der Waals surface area contributed by atoms with E-state index < -0.39 is 0 Å². The Balaban J connectivity index is 1.91. The van der Waals surface area contributed by atoms with Crippen molar-refractivity contribution in [3.63, 3.8) is 0 Å². The van der Waals surface area contributed by atoms with Gasteiger partial charge in [0.25, 0.3) is 5.91 Å². The molecule has 1 amide bonds. The second kappa shape index (κ2) is 7.47. The van der Waals surface area contributed by atoms with Crippen molar-refractivity contribution in [3.8, 4) is 11.6 Å². The van der Waals surface area contributed by atoms with Gasteiger partial charge in [0.15, 0.2) is 5.82 Å². The Bertz CT molecular complexity index is 886. The zero-order valence-corrected chi connectivity index (χ0v) is 15.4. The van der Waals surface area contributed by atoms with E-state index in [0.717, 1.165) is 12.1 Å². The van der Waals surface area contributed by atoms with E-state index in [4.69, 9.17) is 4.52 Å². The maximum atomic E-state index is 13.0. The van der Waals surface area contributed by atoms with Crippen molar-refractivity contribution in [2.75, 3.05) is 11.4 Å². The molecule has 0 saturated heterocycles. The van der Waals surface area contributed by atoms with Gasteiger partial charge in [0.05, 0.1) is 18.1 Å². The Kier molecular flexibility index (Phi) is 5.11. The minimum atomic E-state index is -0.160. The number of carbonyl (C=O) groups is 1. The second-order valence-corrected chi connectivity index (χ2v) is 6.05. The molecule has 3 aromatic heterocycles. The maximum absolute atomic E-state index is 13.0. The van der Waals surface area contributed by atoms with E-state index in [2.05, 4.69) is 27.0 Å². The zero-order valence-electron chi connectivity index (χ0n) is 15.4. The molecular formula is C18H22N6O2. The topological polar surface area (TPSA) is 89.9 Å². The van der Waals surface area contributed by atoms with Gasteiger partial charge in [-0.1, -0.05) is 19.0 Å². The normalized spacial score (nSPS) is 12.2. The third kappa shape index (κ3) is 3.22. The van der Waals surface area contributed by atoms with Crippen LogP contribution in [0, 0.1) is 0 Å². The zero-order chi connectivity index (χ0) is 18.7. The summed E-state index contributed by atoms with van der Waals surface area (Å²) >= 11 is 0. The van der Waals surface area contributed by atoms with Gasteiger partial charge in [-0.3, -0.25) is 9.78 Å². The summed E-state index contributed by atoms with van der Waals surface area (Å²) in [4.78, 5) is 27.4. The molecule has 0 bridgehead atoms. The summed E-state index contributed by atoms with van der Waals surface area (Å²) in [5.41, 5.74) is 1.18. The molecule has 136 valence electrons. The molecule has 0 aliphatic rings. The highest BCUT2D eigenvalue weighted by Crippen LogP contribution is 2.22. The number of amides is 1. The summed E-state index contributed by atoms with van der Waals surface area (Å²) in [6, 6.07) is 3.65. The Labute approximate surface area is 151 Å². The number of carbonyl (C=O) groups excluding carboxylic acids is 1. The van der Waals surface area contributed by atoms with E-state index in [9.17, 15) is 4.79 Å². The first kappa shape index (κ1) is 17.8. The Morgan fingerprint density at radius 1 is 1.35 bits per heavy atom. The van der Waals surface area contributed by atoms with Gasteiger partial charge in [0.1, 0.15) is 5.69 Å². The molecule has 3 aromatic rings. The molecule has 0 aromatic carbocycles.